The SMILES string of the molecule is COC1CCCc2sc(CC(C)N)cc21. The van der Waals surface area contributed by atoms with Crippen molar-refractivity contribution in [3.05, 3.63) is 21.4 Å². The highest BCUT2D eigenvalue weighted by Crippen LogP contribution is 2.37. The molecule has 0 spiro atoms. The molecule has 0 radical (unpaired) electrons. The molecule has 0 amide bonds. The number of methoxy groups -OCH3 is 1. The normalized spacial score (nSPS) is 22.5. The number of fused-ring (bicyclic) bond motifs is 1. The highest BCUT2D eigenvalue weighted by atomic mass is 32.1. The molecule has 3 heteroatoms. The molecule has 1 heterocycles. The maximum atomic E-state index is 5.82. The number of hydrogen-bond acceptors (Lipinski definition) is 3. The van der Waals surface area contributed by atoms with Crippen LogP contribution in [0.4, 0.5) is 0 Å². The minimum absolute atomic E-state index is 0.256. The molecule has 0 fully saturated rings. The zero-order chi connectivity index (χ0) is 10.8. The minimum Gasteiger partial charge on any atom is -0.377 e. The topological polar surface area (TPSA) is 35.2 Å². The summed E-state index contributed by atoms with van der Waals surface area (Å²) in [5, 5.41) is 0. The van der Waals surface area contributed by atoms with Gasteiger partial charge < -0.3 is 10.5 Å². The predicted molar refractivity (Wildman–Crippen MR) is 64.4 cm³/mol. The molecule has 0 saturated carbocycles. The first-order valence-electron chi connectivity index (χ1n) is 5.60. The standard InChI is InChI=1S/C12H19NOS/c1-8(13)6-9-7-10-11(14-2)4-3-5-12(10)15-9/h7-8,11H,3-6,13H2,1-2H3. The third-order valence-corrected chi connectivity index (χ3v) is 4.15. The summed E-state index contributed by atoms with van der Waals surface area (Å²) >= 11 is 1.92. The highest BCUT2D eigenvalue weighted by Gasteiger charge is 2.22. The first kappa shape index (κ1) is 11.1. The summed E-state index contributed by atoms with van der Waals surface area (Å²) in [7, 11) is 1.81. The number of ether oxygens (including phenoxy) is 1. The number of thiophene rings is 1. The van der Waals surface area contributed by atoms with Gasteiger partial charge in [-0.15, -0.1) is 11.3 Å². The van der Waals surface area contributed by atoms with E-state index in [1.807, 2.05) is 18.4 Å². The van der Waals surface area contributed by atoms with E-state index in [1.54, 1.807) is 0 Å². The predicted octanol–water partition coefficient (Wildman–Crippen LogP) is 2.66. The Balaban J connectivity index is 2.21. The van der Waals surface area contributed by atoms with Crippen molar-refractivity contribution < 1.29 is 4.74 Å². The molecule has 2 atom stereocenters. The Morgan fingerprint density at radius 1 is 1.67 bits per heavy atom. The van der Waals surface area contributed by atoms with E-state index in [4.69, 9.17) is 10.5 Å². The lowest BCUT2D eigenvalue weighted by atomic mass is 9.96. The lowest BCUT2D eigenvalue weighted by Crippen LogP contribution is -2.16. The van der Waals surface area contributed by atoms with Crippen LogP contribution in [0, 0.1) is 0 Å². The summed E-state index contributed by atoms with van der Waals surface area (Å²) in [4.78, 5) is 2.93. The molecule has 2 rings (SSSR count). The summed E-state index contributed by atoms with van der Waals surface area (Å²) in [5.41, 5.74) is 7.25. The van der Waals surface area contributed by atoms with Crippen LogP contribution in [0.3, 0.4) is 0 Å². The first-order chi connectivity index (χ1) is 7.20. The van der Waals surface area contributed by atoms with Crippen LogP contribution in [-0.4, -0.2) is 13.2 Å². The molecule has 0 aromatic carbocycles. The molecule has 15 heavy (non-hydrogen) atoms. The van der Waals surface area contributed by atoms with Crippen molar-refractivity contribution >= 4 is 11.3 Å². The molecule has 2 N–H and O–H groups in total. The van der Waals surface area contributed by atoms with Crippen molar-refractivity contribution in [1.82, 2.24) is 0 Å². The smallest absolute Gasteiger partial charge is 0.0832 e. The summed E-state index contributed by atoms with van der Waals surface area (Å²) in [6, 6.07) is 2.56. The number of hydrogen-bond donors (Lipinski definition) is 1. The fourth-order valence-corrected chi connectivity index (χ4v) is 3.64. The number of nitrogens with two attached hydrogens (primary N) is 1. The van der Waals surface area contributed by atoms with Crippen LogP contribution in [0.2, 0.25) is 0 Å². The molecule has 1 aromatic heterocycles. The highest BCUT2D eigenvalue weighted by molar-refractivity contribution is 7.12. The molecule has 1 aliphatic carbocycles. The number of aryl methyl sites for hydroxylation is 1. The van der Waals surface area contributed by atoms with E-state index < -0.39 is 0 Å². The van der Waals surface area contributed by atoms with E-state index in [-0.39, 0.29) is 6.04 Å². The van der Waals surface area contributed by atoms with Crippen molar-refractivity contribution in [2.75, 3.05) is 7.11 Å². The number of rotatable bonds is 3. The maximum absolute atomic E-state index is 5.82. The van der Waals surface area contributed by atoms with Crippen molar-refractivity contribution in [2.24, 2.45) is 5.73 Å². The second kappa shape index (κ2) is 4.64. The average Bonchev–Trinajstić information content (AvgIpc) is 2.58. The second-order valence-electron chi connectivity index (χ2n) is 4.39. The van der Waals surface area contributed by atoms with Gasteiger partial charge in [0.1, 0.15) is 0 Å². The largest absolute Gasteiger partial charge is 0.377 e. The minimum atomic E-state index is 0.256. The monoisotopic (exact) mass is 225 g/mol. The summed E-state index contributed by atoms with van der Waals surface area (Å²) in [6.45, 7) is 2.06. The van der Waals surface area contributed by atoms with Crippen LogP contribution in [0.5, 0.6) is 0 Å². The average molecular weight is 225 g/mol. The molecule has 84 valence electrons. The quantitative estimate of drug-likeness (QED) is 0.858. The third-order valence-electron chi connectivity index (χ3n) is 2.92. The zero-order valence-electron chi connectivity index (χ0n) is 9.45. The zero-order valence-corrected chi connectivity index (χ0v) is 10.3. The molecular weight excluding hydrogens is 206 g/mol. The fraction of sp³-hybridized carbons (Fsp3) is 0.667. The summed E-state index contributed by atoms with van der Waals surface area (Å²) in [6.07, 6.45) is 4.96. The molecule has 0 aliphatic heterocycles. The Morgan fingerprint density at radius 2 is 2.47 bits per heavy atom. The van der Waals surface area contributed by atoms with Crippen molar-refractivity contribution in [1.29, 1.82) is 0 Å². The van der Waals surface area contributed by atoms with Crippen LogP contribution in [0.25, 0.3) is 0 Å². The van der Waals surface area contributed by atoms with Crippen LogP contribution < -0.4 is 5.73 Å². The van der Waals surface area contributed by atoms with E-state index in [2.05, 4.69) is 13.0 Å². The third kappa shape index (κ3) is 2.41. The molecule has 0 saturated heterocycles. The van der Waals surface area contributed by atoms with Gasteiger partial charge >= 0.3 is 0 Å². The van der Waals surface area contributed by atoms with Crippen LogP contribution in [0.15, 0.2) is 6.07 Å². The molecule has 2 nitrogen and oxygen atoms in total. The molecule has 1 aliphatic rings. The Kier molecular flexibility index (Phi) is 3.44. The van der Waals surface area contributed by atoms with Gasteiger partial charge in [0, 0.05) is 22.9 Å². The lowest BCUT2D eigenvalue weighted by molar-refractivity contribution is 0.0888. The van der Waals surface area contributed by atoms with Crippen LogP contribution in [0.1, 0.15) is 41.2 Å². The van der Waals surface area contributed by atoms with E-state index in [1.165, 1.54) is 28.2 Å². The Hall–Kier alpha value is -0.380. The van der Waals surface area contributed by atoms with Gasteiger partial charge in [-0.3, -0.25) is 0 Å². The van der Waals surface area contributed by atoms with Crippen molar-refractivity contribution in [2.45, 2.75) is 44.8 Å². The van der Waals surface area contributed by atoms with Crippen molar-refractivity contribution in [3.8, 4) is 0 Å². The van der Waals surface area contributed by atoms with Gasteiger partial charge in [0.15, 0.2) is 0 Å². The van der Waals surface area contributed by atoms with E-state index >= 15 is 0 Å². The Labute approximate surface area is 95.4 Å². The molecular formula is C12H19NOS. The van der Waals surface area contributed by atoms with E-state index in [0.29, 0.717) is 6.10 Å². The summed E-state index contributed by atoms with van der Waals surface area (Å²) < 4.78 is 5.51. The fourth-order valence-electron chi connectivity index (χ4n) is 2.23. The molecule has 0 bridgehead atoms. The van der Waals surface area contributed by atoms with Crippen LogP contribution in [-0.2, 0) is 17.6 Å². The Morgan fingerprint density at radius 3 is 3.13 bits per heavy atom. The first-order valence-corrected chi connectivity index (χ1v) is 6.42. The maximum Gasteiger partial charge on any atom is 0.0832 e. The molecule has 1 aromatic rings. The van der Waals surface area contributed by atoms with Gasteiger partial charge in [-0.2, -0.15) is 0 Å². The van der Waals surface area contributed by atoms with Gasteiger partial charge in [0.2, 0.25) is 0 Å². The molecule has 2 unspecified atom stereocenters. The van der Waals surface area contributed by atoms with Crippen molar-refractivity contribution in [3.63, 3.8) is 0 Å². The van der Waals surface area contributed by atoms with Crippen LogP contribution >= 0.6 is 11.3 Å². The van der Waals surface area contributed by atoms with Gasteiger partial charge in [-0.1, -0.05) is 0 Å². The van der Waals surface area contributed by atoms with Gasteiger partial charge in [0.25, 0.3) is 0 Å². The van der Waals surface area contributed by atoms with Gasteiger partial charge in [-0.25, -0.2) is 0 Å². The van der Waals surface area contributed by atoms with E-state index in [9.17, 15) is 0 Å². The Bertz CT molecular complexity index is 332. The summed E-state index contributed by atoms with van der Waals surface area (Å²) in [5.74, 6) is 0. The van der Waals surface area contributed by atoms with E-state index in [0.717, 1.165) is 12.8 Å². The van der Waals surface area contributed by atoms with Gasteiger partial charge in [0.05, 0.1) is 6.10 Å². The van der Waals surface area contributed by atoms with Gasteiger partial charge in [-0.05, 0) is 44.2 Å². The second-order valence-corrected chi connectivity index (χ2v) is 5.61. The lowest BCUT2D eigenvalue weighted by Gasteiger charge is -2.20.